The van der Waals surface area contributed by atoms with Gasteiger partial charge in [0.1, 0.15) is 0 Å². The van der Waals surface area contributed by atoms with Gasteiger partial charge in [0.15, 0.2) is 16.8 Å². The third kappa shape index (κ3) is 4.36. The van der Waals surface area contributed by atoms with Crippen molar-refractivity contribution in [3.05, 3.63) is 0 Å². The van der Waals surface area contributed by atoms with Gasteiger partial charge in [-0.15, -0.1) is 0 Å². The van der Waals surface area contributed by atoms with Crippen LogP contribution in [0.4, 0.5) is 0 Å². The van der Waals surface area contributed by atoms with E-state index in [-0.39, 0.29) is 11.3 Å². The Labute approximate surface area is 107 Å². The van der Waals surface area contributed by atoms with Gasteiger partial charge in [0, 0.05) is 45.3 Å². The van der Waals surface area contributed by atoms with E-state index in [2.05, 4.69) is 0 Å². The monoisotopic (exact) mass is 285 g/mol. The van der Waals surface area contributed by atoms with Crippen LogP contribution in [0.2, 0.25) is 0 Å². The molecule has 0 saturated carbocycles. The van der Waals surface area contributed by atoms with Crippen molar-refractivity contribution in [3.8, 4) is 0 Å². The van der Waals surface area contributed by atoms with Crippen LogP contribution in [0.15, 0.2) is 0 Å². The zero-order valence-corrected chi connectivity index (χ0v) is 13.5. The van der Waals surface area contributed by atoms with Crippen molar-refractivity contribution >= 4 is 16.8 Å². The Bertz CT molecular complexity index is 190. The number of hydrogen-bond acceptors (Lipinski definition) is 5. The van der Waals surface area contributed by atoms with E-state index in [0.29, 0.717) is 0 Å². The quantitative estimate of drug-likeness (QED) is 0.695. The van der Waals surface area contributed by atoms with Crippen molar-refractivity contribution in [2.45, 2.75) is 37.6 Å². The maximum Gasteiger partial charge on any atom is 0.174 e. The lowest BCUT2D eigenvalue weighted by molar-refractivity contribution is 0.288. The fourth-order valence-electron chi connectivity index (χ4n) is 1.58. The summed E-state index contributed by atoms with van der Waals surface area (Å²) >= 11 is 0. The van der Waals surface area contributed by atoms with Gasteiger partial charge >= 0.3 is 0 Å². The third-order valence-electron chi connectivity index (χ3n) is 3.15. The summed E-state index contributed by atoms with van der Waals surface area (Å²) in [4.78, 5) is 0. The molecule has 5 nitrogen and oxygen atoms in total. The van der Waals surface area contributed by atoms with Gasteiger partial charge in [-0.25, -0.2) is 0 Å². The third-order valence-corrected chi connectivity index (χ3v) is 6.97. The molecule has 0 aromatic carbocycles. The van der Waals surface area contributed by atoms with Gasteiger partial charge in [0.2, 0.25) is 0 Å². The highest BCUT2D eigenvalue weighted by Crippen LogP contribution is 2.53. The fraction of sp³-hybridized carbons (Fsp3) is 1.00. The molecule has 0 amide bonds. The molecular weight excluding hydrogens is 260 g/mol. The topological polar surface area (TPSA) is 62.9 Å². The minimum Gasteiger partial charge on any atom is -0.337 e. The highest BCUT2D eigenvalue weighted by atomic mass is 31.2. The lowest BCUT2D eigenvalue weighted by Gasteiger charge is -2.41. The highest BCUT2D eigenvalue weighted by molar-refractivity contribution is 7.49. The summed E-state index contributed by atoms with van der Waals surface area (Å²) in [5, 5.41) is 0. The molecule has 0 radical (unpaired) electrons. The standard InChI is InChI=1S/C10H25NO4P2/c1-8(16(12-4)13-5)10(3,11)9(2)17(14-6)15-7/h8-9H,11H2,1-7H3. The van der Waals surface area contributed by atoms with Crippen molar-refractivity contribution in [2.24, 2.45) is 5.73 Å². The number of rotatable bonds is 8. The summed E-state index contributed by atoms with van der Waals surface area (Å²) < 4.78 is 21.3. The molecule has 0 aliphatic carbocycles. The summed E-state index contributed by atoms with van der Waals surface area (Å²) in [6.45, 7) is 6.06. The zero-order chi connectivity index (χ0) is 13.6. The maximum atomic E-state index is 6.42. The normalized spacial score (nSPS) is 19.4. The van der Waals surface area contributed by atoms with Gasteiger partial charge < -0.3 is 23.8 Å². The van der Waals surface area contributed by atoms with Gasteiger partial charge in [-0.2, -0.15) is 0 Å². The first-order valence-electron chi connectivity index (χ1n) is 5.40. The molecule has 0 saturated heterocycles. The van der Waals surface area contributed by atoms with Gasteiger partial charge in [-0.1, -0.05) is 13.8 Å². The second-order valence-electron chi connectivity index (χ2n) is 4.02. The molecule has 0 bridgehead atoms. The SMILES string of the molecule is COP(OC)C(C)C(C)(N)C(C)P(OC)OC. The molecular formula is C10H25NO4P2. The van der Waals surface area contributed by atoms with E-state index in [9.17, 15) is 0 Å². The molecule has 0 spiro atoms. The van der Waals surface area contributed by atoms with E-state index in [1.54, 1.807) is 28.4 Å². The minimum atomic E-state index is -0.998. The Kier molecular flexibility index (Phi) is 8.27. The van der Waals surface area contributed by atoms with Crippen molar-refractivity contribution in [2.75, 3.05) is 28.4 Å². The smallest absolute Gasteiger partial charge is 0.174 e. The Morgan fingerprint density at radius 1 is 0.824 bits per heavy atom. The summed E-state index contributed by atoms with van der Waals surface area (Å²) in [5.74, 6) is 0. The van der Waals surface area contributed by atoms with E-state index in [1.165, 1.54) is 0 Å². The summed E-state index contributed by atoms with van der Waals surface area (Å²) in [7, 11) is 4.57. The molecule has 0 rings (SSSR count). The minimum absolute atomic E-state index is 0.0813. The van der Waals surface area contributed by atoms with E-state index >= 15 is 0 Å². The van der Waals surface area contributed by atoms with Crippen LogP contribution in [0.5, 0.6) is 0 Å². The molecule has 0 aromatic rings. The molecule has 17 heavy (non-hydrogen) atoms. The van der Waals surface area contributed by atoms with E-state index in [4.69, 9.17) is 23.8 Å². The Hall–Kier alpha value is 0.660. The van der Waals surface area contributed by atoms with Crippen molar-refractivity contribution in [3.63, 3.8) is 0 Å². The lowest BCUT2D eigenvalue weighted by Crippen LogP contribution is -2.53. The fourth-order valence-corrected chi connectivity index (χ4v) is 4.62. The van der Waals surface area contributed by atoms with Crippen LogP contribution in [0.25, 0.3) is 0 Å². The maximum absolute atomic E-state index is 6.42. The van der Waals surface area contributed by atoms with E-state index in [1.807, 2.05) is 20.8 Å². The van der Waals surface area contributed by atoms with Gasteiger partial charge in [0.25, 0.3) is 0 Å². The first-order chi connectivity index (χ1) is 7.86. The van der Waals surface area contributed by atoms with Gasteiger partial charge in [-0.05, 0) is 6.92 Å². The predicted octanol–water partition coefficient (Wildman–Crippen LogP) is 2.69. The molecule has 0 aromatic heterocycles. The average molecular weight is 285 g/mol. The molecule has 2 N–H and O–H groups in total. The average Bonchev–Trinajstić information content (AvgIpc) is 2.31. The van der Waals surface area contributed by atoms with Crippen LogP contribution in [-0.2, 0) is 18.1 Å². The Morgan fingerprint density at radius 3 is 1.24 bits per heavy atom. The summed E-state index contributed by atoms with van der Waals surface area (Å²) in [6, 6.07) is 0. The van der Waals surface area contributed by atoms with Crippen molar-refractivity contribution < 1.29 is 18.1 Å². The summed E-state index contributed by atoms with van der Waals surface area (Å²) in [6.07, 6.45) is 0. The lowest BCUT2D eigenvalue weighted by atomic mass is 9.96. The van der Waals surface area contributed by atoms with Crippen LogP contribution in [0, 0.1) is 0 Å². The largest absolute Gasteiger partial charge is 0.337 e. The molecule has 2 unspecified atom stereocenters. The second kappa shape index (κ2) is 7.96. The molecule has 0 heterocycles. The predicted molar refractivity (Wildman–Crippen MR) is 73.4 cm³/mol. The molecule has 2 atom stereocenters. The van der Waals surface area contributed by atoms with Crippen molar-refractivity contribution in [1.82, 2.24) is 0 Å². The van der Waals surface area contributed by atoms with Crippen LogP contribution in [0.3, 0.4) is 0 Å². The molecule has 7 heteroatoms. The Balaban J connectivity index is 4.84. The first-order valence-corrected chi connectivity index (χ1v) is 7.89. The first kappa shape index (κ1) is 17.7. The number of nitrogens with two attached hydrogens (primary N) is 1. The van der Waals surface area contributed by atoms with Crippen LogP contribution < -0.4 is 5.73 Å². The van der Waals surface area contributed by atoms with Crippen LogP contribution in [0.1, 0.15) is 20.8 Å². The highest BCUT2D eigenvalue weighted by Gasteiger charge is 2.42. The van der Waals surface area contributed by atoms with E-state index in [0.717, 1.165) is 0 Å². The van der Waals surface area contributed by atoms with Gasteiger partial charge in [0.05, 0.1) is 0 Å². The molecule has 104 valence electrons. The van der Waals surface area contributed by atoms with Crippen LogP contribution in [-0.4, -0.2) is 45.3 Å². The number of hydrogen-bond donors (Lipinski definition) is 1. The van der Waals surface area contributed by atoms with Crippen LogP contribution >= 0.6 is 16.8 Å². The second-order valence-corrected chi connectivity index (χ2v) is 8.17. The van der Waals surface area contributed by atoms with Gasteiger partial charge in [-0.3, -0.25) is 0 Å². The van der Waals surface area contributed by atoms with E-state index < -0.39 is 22.3 Å². The summed E-state index contributed by atoms with van der Waals surface area (Å²) in [5.41, 5.74) is 6.11. The molecule has 0 aliphatic rings. The zero-order valence-electron chi connectivity index (χ0n) is 11.8. The molecule has 0 aliphatic heterocycles. The van der Waals surface area contributed by atoms with Crippen molar-refractivity contribution in [1.29, 1.82) is 0 Å². The Morgan fingerprint density at radius 2 is 1.06 bits per heavy atom. The molecule has 0 fully saturated rings.